The largest absolute Gasteiger partial charge is 0.422 e. The van der Waals surface area contributed by atoms with Crippen LogP contribution < -0.4 is 9.47 Å². The van der Waals surface area contributed by atoms with Crippen molar-refractivity contribution in [1.82, 2.24) is 10.0 Å². The number of hydrogen-bond donors (Lipinski definition) is 0. The zero-order chi connectivity index (χ0) is 39.5. The SMILES string of the molecule is O=C(Oc1ccc(Cc2ccc(OC(=O)c3ccccc3)c(/C=N/N3C(=O)c4ccccc4C3=O)c2)cc1/C=N/N1C(=O)c2ccccc2C1=O)c1ccccc1. The Morgan fingerprint density at radius 1 is 0.456 bits per heavy atom. The summed E-state index contributed by atoms with van der Waals surface area (Å²) in [5, 5.41) is 9.96. The maximum atomic E-state index is 13.1. The lowest BCUT2D eigenvalue weighted by molar-refractivity contribution is 0.0644. The molecule has 2 aliphatic rings. The Kier molecular flexibility index (Phi) is 9.64. The summed E-state index contributed by atoms with van der Waals surface area (Å²) in [5.41, 5.74) is 3.54. The average molecular weight is 753 g/mol. The molecule has 0 aromatic heterocycles. The highest BCUT2D eigenvalue weighted by atomic mass is 16.5. The molecule has 12 heteroatoms. The summed E-state index contributed by atoms with van der Waals surface area (Å²) >= 11 is 0. The highest BCUT2D eigenvalue weighted by Crippen LogP contribution is 2.28. The summed E-state index contributed by atoms with van der Waals surface area (Å²) in [6, 6.07) is 39.7. The standard InChI is InChI=1S/C45H28N4O8/c50-40-34-15-7-8-16-35(34)41(51)48(40)46-26-32-24-28(19-21-38(32)56-44(54)30-11-3-1-4-12-30)23-29-20-22-39(57-45(55)31-13-5-2-6-14-31)33(25-29)27-47-49-42(52)36-17-9-10-18-37(36)43(49)53/h1-22,24-27H,23H2/b46-26+,47-27+. The minimum atomic E-state index is -0.624. The highest BCUT2D eigenvalue weighted by Gasteiger charge is 2.36. The number of ether oxygens (including phenoxy) is 2. The molecule has 0 bridgehead atoms. The first kappa shape index (κ1) is 35.9. The molecule has 0 saturated heterocycles. The van der Waals surface area contributed by atoms with Crippen molar-refractivity contribution in [3.63, 3.8) is 0 Å². The first-order chi connectivity index (χ1) is 27.7. The lowest BCUT2D eigenvalue weighted by Crippen LogP contribution is -2.24. The van der Waals surface area contributed by atoms with Crippen LogP contribution in [0.25, 0.3) is 0 Å². The molecule has 2 heterocycles. The number of amides is 4. The van der Waals surface area contributed by atoms with Crippen molar-refractivity contribution >= 4 is 48.0 Å². The van der Waals surface area contributed by atoms with Gasteiger partial charge in [0, 0.05) is 11.1 Å². The normalized spacial score (nSPS) is 13.4. The highest BCUT2D eigenvalue weighted by molar-refractivity contribution is 6.22. The number of nitrogens with zero attached hydrogens (tertiary/aromatic N) is 4. The summed E-state index contributed by atoms with van der Waals surface area (Å²) < 4.78 is 11.5. The molecule has 2 aliphatic heterocycles. The van der Waals surface area contributed by atoms with Gasteiger partial charge < -0.3 is 9.47 Å². The van der Waals surface area contributed by atoms with Gasteiger partial charge >= 0.3 is 11.9 Å². The fraction of sp³-hybridized carbons (Fsp3) is 0.0222. The molecular weight excluding hydrogens is 725 g/mol. The van der Waals surface area contributed by atoms with E-state index in [2.05, 4.69) is 10.2 Å². The van der Waals surface area contributed by atoms with E-state index in [0.717, 1.165) is 10.0 Å². The second kappa shape index (κ2) is 15.3. The van der Waals surface area contributed by atoms with Crippen LogP contribution in [0.15, 0.2) is 156 Å². The minimum absolute atomic E-state index is 0.130. The van der Waals surface area contributed by atoms with Gasteiger partial charge in [0.15, 0.2) is 0 Å². The van der Waals surface area contributed by atoms with E-state index in [1.807, 2.05) is 0 Å². The third-order valence-corrected chi connectivity index (χ3v) is 9.15. The van der Waals surface area contributed by atoms with Gasteiger partial charge in [-0.25, -0.2) is 9.59 Å². The number of benzene rings is 6. The molecule has 6 aromatic rings. The Bertz CT molecular complexity index is 2440. The number of hydrogen-bond acceptors (Lipinski definition) is 10. The molecule has 6 aromatic carbocycles. The lowest BCUT2D eigenvalue weighted by Gasteiger charge is -2.13. The van der Waals surface area contributed by atoms with Crippen molar-refractivity contribution in [3.05, 3.63) is 201 Å². The van der Waals surface area contributed by atoms with Crippen LogP contribution >= 0.6 is 0 Å². The van der Waals surface area contributed by atoms with Crippen LogP contribution in [0.3, 0.4) is 0 Å². The van der Waals surface area contributed by atoms with Gasteiger partial charge in [0.1, 0.15) is 11.5 Å². The smallest absolute Gasteiger partial charge is 0.343 e. The topological polar surface area (TPSA) is 152 Å². The Balaban J connectivity index is 1.11. The molecule has 0 aliphatic carbocycles. The molecule has 0 radical (unpaired) electrons. The summed E-state index contributed by atoms with van der Waals surface area (Å²) in [5.74, 6) is -3.34. The van der Waals surface area contributed by atoms with E-state index >= 15 is 0 Å². The van der Waals surface area contributed by atoms with Gasteiger partial charge in [-0.15, -0.1) is 0 Å². The second-order valence-corrected chi connectivity index (χ2v) is 12.9. The van der Waals surface area contributed by atoms with E-state index in [0.29, 0.717) is 33.4 Å². The molecule has 0 N–H and O–H groups in total. The van der Waals surface area contributed by atoms with E-state index in [9.17, 15) is 28.8 Å². The van der Waals surface area contributed by atoms with Gasteiger partial charge in [-0.2, -0.15) is 20.2 Å². The van der Waals surface area contributed by atoms with E-state index < -0.39 is 35.6 Å². The number of rotatable bonds is 10. The van der Waals surface area contributed by atoms with E-state index in [4.69, 9.17) is 9.47 Å². The monoisotopic (exact) mass is 752 g/mol. The Hall–Kier alpha value is -8.12. The molecule has 0 unspecified atom stereocenters. The summed E-state index contributed by atoms with van der Waals surface area (Å²) in [4.78, 5) is 78.3. The first-order valence-electron chi connectivity index (χ1n) is 17.6. The summed E-state index contributed by atoms with van der Waals surface area (Å²) in [6.45, 7) is 0. The minimum Gasteiger partial charge on any atom is -0.422 e. The van der Waals surface area contributed by atoms with E-state index in [1.165, 1.54) is 12.4 Å². The number of carbonyl (C=O) groups excluding carboxylic acids is 6. The molecule has 0 atom stereocenters. The molecule has 0 spiro atoms. The number of esters is 2. The molecule has 0 fully saturated rings. The zero-order valence-electron chi connectivity index (χ0n) is 29.8. The van der Waals surface area contributed by atoms with Crippen molar-refractivity contribution in [2.75, 3.05) is 0 Å². The van der Waals surface area contributed by atoms with Crippen LogP contribution in [0.4, 0.5) is 0 Å². The Labute approximate surface area is 324 Å². The number of imide groups is 2. The molecule has 276 valence electrons. The third kappa shape index (κ3) is 7.25. The lowest BCUT2D eigenvalue weighted by atomic mass is 10.0. The molecule has 57 heavy (non-hydrogen) atoms. The number of hydrazone groups is 2. The predicted octanol–water partition coefficient (Wildman–Crippen LogP) is 6.98. The number of carbonyl (C=O) groups is 6. The van der Waals surface area contributed by atoms with Crippen molar-refractivity contribution in [2.24, 2.45) is 10.2 Å². The van der Waals surface area contributed by atoms with Gasteiger partial charge in [-0.1, -0.05) is 72.8 Å². The molecular formula is C45H28N4O8. The summed E-state index contributed by atoms with van der Waals surface area (Å²) in [6.07, 6.45) is 2.84. The van der Waals surface area contributed by atoms with Crippen molar-refractivity contribution in [2.45, 2.75) is 6.42 Å². The van der Waals surface area contributed by atoms with Crippen LogP contribution in [0.5, 0.6) is 11.5 Å². The maximum Gasteiger partial charge on any atom is 0.343 e. The van der Waals surface area contributed by atoms with Crippen molar-refractivity contribution in [3.8, 4) is 11.5 Å². The fourth-order valence-corrected chi connectivity index (χ4v) is 6.31. The quantitative estimate of drug-likeness (QED) is 0.0630. The predicted molar refractivity (Wildman–Crippen MR) is 208 cm³/mol. The van der Waals surface area contributed by atoms with Crippen LogP contribution in [-0.4, -0.2) is 58.0 Å². The van der Waals surface area contributed by atoms with Crippen LogP contribution in [0, 0.1) is 0 Å². The molecule has 4 amide bonds. The van der Waals surface area contributed by atoms with E-state index in [-0.39, 0.29) is 40.2 Å². The molecule has 0 saturated carbocycles. The van der Waals surface area contributed by atoms with Crippen molar-refractivity contribution in [1.29, 1.82) is 0 Å². The van der Waals surface area contributed by atoms with Gasteiger partial charge in [0.05, 0.1) is 45.8 Å². The van der Waals surface area contributed by atoms with Crippen LogP contribution in [-0.2, 0) is 6.42 Å². The van der Waals surface area contributed by atoms with Gasteiger partial charge in [0.25, 0.3) is 23.6 Å². The van der Waals surface area contributed by atoms with Gasteiger partial charge in [-0.05, 0) is 90.3 Å². The number of fused-ring (bicyclic) bond motifs is 2. The maximum absolute atomic E-state index is 13.1. The van der Waals surface area contributed by atoms with Crippen molar-refractivity contribution < 1.29 is 38.2 Å². The average Bonchev–Trinajstić information content (AvgIpc) is 3.64. The van der Waals surface area contributed by atoms with Gasteiger partial charge in [-0.3, -0.25) is 19.2 Å². The third-order valence-electron chi connectivity index (χ3n) is 9.15. The molecule has 12 nitrogen and oxygen atoms in total. The zero-order valence-corrected chi connectivity index (χ0v) is 29.8. The second-order valence-electron chi connectivity index (χ2n) is 12.9. The molecule has 8 rings (SSSR count). The fourth-order valence-electron chi connectivity index (χ4n) is 6.31. The van der Waals surface area contributed by atoms with Crippen LogP contribution in [0.1, 0.15) is 84.4 Å². The Morgan fingerprint density at radius 2 is 0.789 bits per heavy atom. The van der Waals surface area contributed by atoms with Gasteiger partial charge in [0.2, 0.25) is 0 Å². The van der Waals surface area contributed by atoms with Crippen LogP contribution in [0.2, 0.25) is 0 Å². The summed E-state index contributed by atoms with van der Waals surface area (Å²) in [7, 11) is 0. The Morgan fingerprint density at radius 3 is 1.14 bits per heavy atom. The first-order valence-corrected chi connectivity index (χ1v) is 17.6. The van der Waals surface area contributed by atoms with E-state index in [1.54, 1.807) is 146 Å².